The highest BCUT2D eigenvalue weighted by molar-refractivity contribution is 5.19. The van der Waals surface area contributed by atoms with Gasteiger partial charge in [-0.3, -0.25) is 9.36 Å². The maximum Gasteiger partial charge on any atom is 0.256 e. The summed E-state index contributed by atoms with van der Waals surface area (Å²) in [5.74, 6) is 0. The van der Waals surface area contributed by atoms with Crippen molar-refractivity contribution in [2.24, 2.45) is 5.41 Å². The maximum atomic E-state index is 12.3. The Labute approximate surface area is 113 Å². The molecular formula is C14H20N4O. The molecule has 1 aromatic heterocycles. The minimum atomic E-state index is -0.324. The summed E-state index contributed by atoms with van der Waals surface area (Å²) >= 11 is 0. The number of fused-ring (bicyclic) bond motifs is 1. The second-order valence-electron chi connectivity index (χ2n) is 5.69. The van der Waals surface area contributed by atoms with Gasteiger partial charge in [-0.2, -0.15) is 5.26 Å². The molecule has 0 unspecified atom stereocenters. The Morgan fingerprint density at radius 1 is 1.58 bits per heavy atom. The van der Waals surface area contributed by atoms with E-state index < -0.39 is 0 Å². The third-order valence-electron chi connectivity index (χ3n) is 3.57. The minimum Gasteiger partial charge on any atom is -0.311 e. The molecular weight excluding hydrogens is 240 g/mol. The predicted octanol–water partition coefficient (Wildman–Crippen LogP) is 1.22. The number of rotatable bonds is 4. The Balaban J connectivity index is 2.06. The number of hydrogen-bond donors (Lipinski definition) is 1. The van der Waals surface area contributed by atoms with Gasteiger partial charge in [0.2, 0.25) is 0 Å². The lowest BCUT2D eigenvalue weighted by Gasteiger charge is -2.18. The van der Waals surface area contributed by atoms with E-state index in [0.717, 1.165) is 37.1 Å². The second-order valence-corrected chi connectivity index (χ2v) is 5.69. The summed E-state index contributed by atoms with van der Waals surface area (Å²) in [6.07, 6.45) is 3.99. The topological polar surface area (TPSA) is 70.7 Å². The van der Waals surface area contributed by atoms with E-state index >= 15 is 0 Å². The van der Waals surface area contributed by atoms with Crippen molar-refractivity contribution >= 4 is 0 Å². The normalized spacial score (nSPS) is 14.8. The number of aryl methyl sites for hydroxylation is 1. The van der Waals surface area contributed by atoms with E-state index in [2.05, 4.69) is 16.4 Å². The highest BCUT2D eigenvalue weighted by Gasteiger charge is 2.17. The Kier molecular flexibility index (Phi) is 4.01. The molecule has 1 aliphatic heterocycles. The van der Waals surface area contributed by atoms with Crippen LogP contribution in [0.4, 0.5) is 0 Å². The SMILES string of the molecule is CC(C)(C#N)CCCn1cnc2c(c1=O)CCNC2. The first-order valence-corrected chi connectivity index (χ1v) is 6.73. The zero-order chi connectivity index (χ0) is 13.9. The van der Waals surface area contributed by atoms with Crippen molar-refractivity contribution in [3.8, 4) is 6.07 Å². The number of aromatic nitrogens is 2. The molecule has 1 aromatic rings. The minimum absolute atomic E-state index is 0.0845. The molecule has 2 rings (SSSR count). The zero-order valence-corrected chi connectivity index (χ0v) is 11.6. The fraction of sp³-hybridized carbons (Fsp3) is 0.643. The monoisotopic (exact) mass is 260 g/mol. The average molecular weight is 260 g/mol. The van der Waals surface area contributed by atoms with Gasteiger partial charge in [-0.05, 0) is 39.7 Å². The highest BCUT2D eigenvalue weighted by Crippen LogP contribution is 2.20. The largest absolute Gasteiger partial charge is 0.311 e. The van der Waals surface area contributed by atoms with Gasteiger partial charge >= 0.3 is 0 Å². The quantitative estimate of drug-likeness (QED) is 0.883. The molecule has 0 aliphatic carbocycles. The fourth-order valence-corrected chi connectivity index (χ4v) is 2.30. The lowest BCUT2D eigenvalue weighted by molar-refractivity contribution is 0.411. The van der Waals surface area contributed by atoms with Crippen LogP contribution >= 0.6 is 0 Å². The van der Waals surface area contributed by atoms with Crippen LogP contribution < -0.4 is 10.9 Å². The van der Waals surface area contributed by atoms with Crippen molar-refractivity contribution in [2.45, 2.75) is 46.2 Å². The first-order valence-electron chi connectivity index (χ1n) is 6.73. The Morgan fingerprint density at radius 3 is 3.11 bits per heavy atom. The standard InChI is InChI=1S/C14H20N4O/c1-14(2,9-15)5-3-7-18-10-17-12-8-16-6-4-11(12)13(18)19/h10,16H,3-8H2,1-2H3. The van der Waals surface area contributed by atoms with Gasteiger partial charge in [0.05, 0.1) is 23.5 Å². The van der Waals surface area contributed by atoms with Crippen molar-refractivity contribution in [2.75, 3.05) is 6.54 Å². The third kappa shape index (κ3) is 3.21. The zero-order valence-electron chi connectivity index (χ0n) is 11.6. The van der Waals surface area contributed by atoms with Crippen molar-refractivity contribution in [1.82, 2.24) is 14.9 Å². The van der Waals surface area contributed by atoms with Gasteiger partial charge in [0.25, 0.3) is 5.56 Å². The first-order chi connectivity index (χ1) is 9.03. The van der Waals surface area contributed by atoms with Crippen LogP contribution in [-0.2, 0) is 19.5 Å². The van der Waals surface area contributed by atoms with Crippen molar-refractivity contribution in [3.05, 3.63) is 27.9 Å². The molecule has 0 radical (unpaired) electrons. The van der Waals surface area contributed by atoms with Gasteiger partial charge in [0.15, 0.2) is 0 Å². The fourth-order valence-electron chi connectivity index (χ4n) is 2.30. The number of nitriles is 1. The summed E-state index contributed by atoms with van der Waals surface area (Å²) in [6, 6.07) is 2.28. The van der Waals surface area contributed by atoms with Crippen molar-refractivity contribution in [3.63, 3.8) is 0 Å². The van der Waals surface area contributed by atoms with Crippen LogP contribution in [0.5, 0.6) is 0 Å². The summed E-state index contributed by atoms with van der Waals surface area (Å²) < 4.78 is 1.68. The van der Waals surface area contributed by atoms with E-state index in [-0.39, 0.29) is 11.0 Å². The van der Waals surface area contributed by atoms with Gasteiger partial charge in [-0.15, -0.1) is 0 Å². The average Bonchev–Trinajstić information content (AvgIpc) is 2.42. The second kappa shape index (κ2) is 5.54. The van der Waals surface area contributed by atoms with Crippen LogP contribution in [0.3, 0.4) is 0 Å². The van der Waals surface area contributed by atoms with E-state index in [1.807, 2.05) is 13.8 Å². The molecule has 19 heavy (non-hydrogen) atoms. The van der Waals surface area contributed by atoms with Gasteiger partial charge in [-0.1, -0.05) is 0 Å². The third-order valence-corrected chi connectivity index (χ3v) is 3.57. The van der Waals surface area contributed by atoms with E-state index in [9.17, 15) is 4.79 Å². The molecule has 0 spiro atoms. The van der Waals surface area contributed by atoms with E-state index in [4.69, 9.17) is 5.26 Å². The molecule has 0 saturated heterocycles. The number of nitrogens with one attached hydrogen (secondary N) is 1. The summed E-state index contributed by atoms with van der Waals surface area (Å²) in [5.41, 5.74) is 1.49. The van der Waals surface area contributed by atoms with Gasteiger partial charge in [0, 0.05) is 18.7 Å². The van der Waals surface area contributed by atoms with E-state index in [1.165, 1.54) is 0 Å². The van der Waals surface area contributed by atoms with Gasteiger partial charge in [0.1, 0.15) is 0 Å². The molecule has 1 N–H and O–H groups in total. The lowest BCUT2D eigenvalue weighted by atomic mass is 9.90. The molecule has 2 heterocycles. The van der Waals surface area contributed by atoms with Crippen LogP contribution in [0, 0.1) is 16.7 Å². The molecule has 0 fully saturated rings. The van der Waals surface area contributed by atoms with Gasteiger partial charge < -0.3 is 5.32 Å². The molecule has 5 heteroatoms. The summed E-state index contributed by atoms with van der Waals surface area (Å²) in [5, 5.41) is 12.2. The van der Waals surface area contributed by atoms with Crippen LogP contribution in [0.25, 0.3) is 0 Å². The summed E-state index contributed by atoms with van der Waals surface area (Å²) in [4.78, 5) is 16.6. The molecule has 0 saturated carbocycles. The smallest absolute Gasteiger partial charge is 0.256 e. The molecule has 1 aliphatic rings. The Bertz CT molecular complexity index is 554. The number of nitrogens with zero attached hydrogens (tertiary/aromatic N) is 3. The summed E-state index contributed by atoms with van der Waals surface area (Å²) in [7, 11) is 0. The van der Waals surface area contributed by atoms with Gasteiger partial charge in [-0.25, -0.2) is 4.98 Å². The van der Waals surface area contributed by atoms with Crippen LogP contribution in [0.15, 0.2) is 11.1 Å². The molecule has 0 amide bonds. The lowest BCUT2D eigenvalue weighted by Crippen LogP contribution is -2.34. The van der Waals surface area contributed by atoms with Crippen LogP contribution in [0.1, 0.15) is 37.9 Å². The molecule has 0 bridgehead atoms. The highest BCUT2D eigenvalue weighted by atomic mass is 16.1. The summed E-state index contributed by atoms with van der Waals surface area (Å²) in [6.45, 7) is 6.01. The van der Waals surface area contributed by atoms with E-state index in [1.54, 1.807) is 10.9 Å². The number of hydrogen-bond acceptors (Lipinski definition) is 4. The Hall–Kier alpha value is -1.67. The van der Waals surface area contributed by atoms with Crippen LogP contribution in [0.2, 0.25) is 0 Å². The van der Waals surface area contributed by atoms with Crippen LogP contribution in [-0.4, -0.2) is 16.1 Å². The molecule has 102 valence electrons. The molecule has 0 atom stereocenters. The molecule has 0 aromatic carbocycles. The van der Waals surface area contributed by atoms with E-state index in [0.29, 0.717) is 13.1 Å². The maximum absolute atomic E-state index is 12.3. The van der Waals surface area contributed by atoms with Crippen molar-refractivity contribution in [1.29, 1.82) is 5.26 Å². The first kappa shape index (κ1) is 13.8. The molecule has 5 nitrogen and oxygen atoms in total. The predicted molar refractivity (Wildman–Crippen MR) is 72.5 cm³/mol. The van der Waals surface area contributed by atoms with Crippen molar-refractivity contribution < 1.29 is 0 Å². The Morgan fingerprint density at radius 2 is 2.37 bits per heavy atom.